The molecule has 0 spiro atoms. The summed E-state index contributed by atoms with van der Waals surface area (Å²) in [5.41, 5.74) is 1.16. The topological polar surface area (TPSA) is 18.5 Å². The van der Waals surface area contributed by atoms with E-state index in [1.54, 1.807) is 25.6 Å². The van der Waals surface area contributed by atoms with Crippen LogP contribution in [0.15, 0.2) is 35.7 Å². The molecular weight excluding hydrogens is 268 g/mol. The predicted molar refractivity (Wildman–Crippen MR) is 76.2 cm³/mol. The van der Waals surface area contributed by atoms with Crippen LogP contribution in [0.3, 0.4) is 0 Å². The van der Waals surface area contributed by atoms with Gasteiger partial charge in [0.25, 0.3) is 0 Å². The molecule has 0 aliphatic rings. The summed E-state index contributed by atoms with van der Waals surface area (Å²) in [4.78, 5) is 1.07. The molecule has 4 heteroatoms. The van der Waals surface area contributed by atoms with Gasteiger partial charge in [-0.1, -0.05) is 12.1 Å². The van der Waals surface area contributed by atoms with Gasteiger partial charge in [-0.15, -0.1) is 22.9 Å². The van der Waals surface area contributed by atoms with Crippen LogP contribution in [0.1, 0.15) is 15.8 Å². The molecule has 0 saturated heterocycles. The third kappa shape index (κ3) is 2.98. The van der Waals surface area contributed by atoms with Crippen molar-refractivity contribution in [3.63, 3.8) is 0 Å². The van der Waals surface area contributed by atoms with Crippen LogP contribution in [0.4, 0.5) is 0 Å². The van der Waals surface area contributed by atoms with Gasteiger partial charge in [-0.25, -0.2) is 0 Å². The van der Waals surface area contributed by atoms with E-state index in [-0.39, 0.29) is 5.38 Å². The van der Waals surface area contributed by atoms with Crippen molar-refractivity contribution in [3.8, 4) is 11.5 Å². The highest BCUT2D eigenvalue weighted by Crippen LogP contribution is 2.36. The SMILES string of the molecule is COc1cccc(CC(Cl)c2sccc2OC)c1. The normalized spacial score (nSPS) is 12.2. The van der Waals surface area contributed by atoms with Crippen molar-refractivity contribution in [3.05, 3.63) is 46.2 Å². The first-order chi connectivity index (χ1) is 8.74. The van der Waals surface area contributed by atoms with Crippen molar-refractivity contribution in [2.75, 3.05) is 14.2 Å². The predicted octanol–water partition coefficient (Wildman–Crippen LogP) is 4.29. The maximum Gasteiger partial charge on any atom is 0.134 e. The van der Waals surface area contributed by atoms with E-state index in [1.165, 1.54) is 0 Å². The summed E-state index contributed by atoms with van der Waals surface area (Å²) in [5, 5.41) is 1.92. The van der Waals surface area contributed by atoms with Gasteiger partial charge in [-0.3, -0.25) is 0 Å². The summed E-state index contributed by atoms with van der Waals surface area (Å²) in [6, 6.07) is 9.91. The van der Waals surface area contributed by atoms with Crippen molar-refractivity contribution in [1.82, 2.24) is 0 Å². The van der Waals surface area contributed by atoms with Crippen molar-refractivity contribution in [1.29, 1.82) is 0 Å². The molecule has 18 heavy (non-hydrogen) atoms. The zero-order chi connectivity index (χ0) is 13.0. The average molecular weight is 283 g/mol. The lowest BCUT2D eigenvalue weighted by atomic mass is 10.1. The molecule has 1 aromatic carbocycles. The Morgan fingerprint density at radius 1 is 1.22 bits per heavy atom. The maximum atomic E-state index is 6.45. The van der Waals surface area contributed by atoms with E-state index in [9.17, 15) is 0 Å². The molecule has 1 unspecified atom stereocenters. The highest BCUT2D eigenvalue weighted by Gasteiger charge is 2.15. The third-order valence-electron chi connectivity index (χ3n) is 2.71. The smallest absolute Gasteiger partial charge is 0.134 e. The van der Waals surface area contributed by atoms with Crippen molar-refractivity contribution in [2.45, 2.75) is 11.8 Å². The Hall–Kier alpha value is -1.19. The van der Waals surface area contributed by atoms with E-state index in [1.807, 2.05) is 29.6 Å². The molecule has 0 radical (unpaired) electrons. The molecule has 0 bridgehead atoms. The minimum atomic E-state index is -0.0768. The number of halogens is 1. The number of methoxy groups -OCH3 is 2. The lowest BCUT2D eigenvalue weighted by Gasteiger charge is -2.10. The summed E-state index contributed by atoms with van der Waals surface area (Å²) in [6.07, 6.45) is 0.760. The summed E-state index contributed by atoms with van der Waals surface area (Å²) in [6.45, 7) is 0. The van der Waals surface area contributed by atoms with E-state index >= 15 is 0 Å². The Bertz CT molecular complexity index is 510. The quantitative estimate of drug-likeness (QED) is 0.762. The standard InChI is InChI=1S/C14H15ClO2S/c1-16-11-5-3-4-10(8-11)9-12(15)14-13(17-2)6-7-18-14/h3-8,12H,9H2,1-2H3. The van der Waals surface area contributed by atoms with Crippen LogP contribution in [0, 0.1) is 0 Å². The van der Waals surface area contributed by atoms with Crippen LogP contribution in [-0.4, -0.2) is 14.2 Å². The van der Waals surface area contributed by atoms with Gasteiger partial charge in [-0.2, -0.15) is 0 Å². The number of benzene rings is 1. The number of ether oxygens (including phenoxy) is 2. The number of hydrogen-bond acceptors (Lipinski definition) is 3. The van der Waals surface area contributed by atoms with Crippen molar-refractivity contribution in [2.24, 2.45) is 0 Å². The van der Waals surface area contributed by atoms with Crippen LogP contribution in [0.25, 0.3) is 0 Å². The minimum absolute atomic E-state index is 0.0768. The molecule has 2 rings (SSSR count). The number of hydrogen-bond donors (Lipinski definition) is 0. The molecule has 1 aromatic heterocycles. The Morgan fingerprint density at radius 2 is 2.06 bits per heavy atom. The zero-order valence-electron chi connectivity index (χ0n) is 10.4. The second-order valence-corrected chi connectivity index (χ2v) is 5.35. The molecule has 0 amide bonds. The van der Waals surface area contributed by atoms with E-state index in [4.69, 9.17) is 21.1 Å². The minimum Gasteiger partial charge on any atom is -0.497 e. The molecular formula is C14H15ClO2S. The Morgan fingerprint density at radius 3 is 2.78 bits per heavy atom. The monoisotopic (exact) mass is 282 g/mol. The fourth-order valence-electron chi connectivity index (χ4n) is 1.81. The molecule has 0 N–H and O–H groups in total. The highest BCUT2D eigenvalue weighted by molar-refractivity contribution is 7.10. The number of rotatable bonds is 5. The van der Waals surface area contributed by atoms with E-state index in [2.05, 4.69) is 6.07 Å². The summed E-state index contributed by atoms with van der Waals surface area (Å²) in [5.74, 6) is 1.72. The second kappa shape index (κ2) is 6.12. The van der Waals surface area contributed by atoms with Crippen LogP contribution in [0.5, 0.6) is 11.5 Å². The molecule has 0 saturated carbocycles. The van der Waals surface area contributed by atoms with Crippen LogP contribution in [0.2, 0.25) is 0 Å². The molecule has 2 aromatic rings. The number of thiophene rings is 1. The van der Waals surface area contributed by atoms with Gasteiger partial charge < -0.3 is 9.47 Å². The fourth-order valence-corrected chi connectivity index (χ4v) is 3.08. The fraction of sp³-hybridized carbons (Fsp3) is 0.286. The largest absolute Gasteiger partial charge is 0.497 e. The summed E-state index contributed by atoms with van der Waals surface area (Å²) < 4.78 is 10.5. The van der Waals surface area contributed by atoms with Crippen LogP contribution < -0.4 is 9.47 Å². The van der Waals surface area contributed by atoms with Crippen molar-refractivity contribution < 1.29 is 9.47 Å². The molecule has 0 fully saturated rings. The third-order valence-corrected chi connectivity index (χ3v) is 4.22. The first kappa shape index (κ1) is 13.2. The Kier molecular flexibility index (Phi) is 4.50. The van der Waals surface area contributed by atoms with Gasteiger partial charge >= 0.3 is 0 Å². The summed E-state index contributed by atoms with van der Waals surface area (Å²) in [7, 11) is 3.33. The first-order valence-corrected chi connectivity index (χ1v) is 6.94. The molecule has 1 atom stereocenters. The van der Waals surface area contributed by atoms with Gasteiger partial charge in [-0.05, 0) is 35.6 Å². The van der Waals surface area contributed by atoms with E-state index < -0.39 is 0 Å². The maximum absolute atomic E-state index is 6.45. The zero-order valence-corrected chi connectivity index (χ0v) is 11.9. The first-order valence-electron chi connectivity index (χ1n) is 5.63. The molecule has 0 aliphatic carbocycles. The van der Waals surface area contributed by atoms with Gasteiger partial charge in [0, 0.05) is 0 Å². The molecule has 2 nitrogen and oxygen atoms in total. The van der Waals surface area contributed by atoms with Crippen molar-refractivity contribution >= 4 is 22.9 Å². The van der Waals surface area contributed by atoms with Crippen LogP contribution >= 0.6 is 22.9 Å². The Balaban J connectivity index is 2.13. The van der Waals surface area contributed by atoms with Gasteiger partial charge in [0.15, 0.2) is 0 Å². The average Bonchev–Trinajstić information content (AvgIpc) is 2.87. The molecule has 1 heterocycles. The summed E-state index contributed by atoms with van der Waals surface area (Å²) >= 11 is 8.07. The van der Waals surface area contributed by atoms with Gasteiger partial charge in [0.2, 0.25) is 0 Å². The second-order valence-electron chi connectivity index (χ2n) is 3.88. The van der Waals surface area contributed by atoms with Crippen LogP contribution in [-0.2, 0) is 6.42 Å². The van der Waals surface area contributed by atoms with Gasteiger partial charge in [0.1, 0.15) is 11.5 Å². The lowest BCUT2D eigenvalue weighted by molar-refractivity contribution is 0.411. The molecule has 0 aliphatic heterocycles. The van der Waals surface area contributed by atoms with E-state index in [0.717, 1.165) is 28.4 Å². The molecule has 96 valence electrons. The lowest BCUT2D eigenvalue weighted by Crippen LogP contribution is -1.96. The van der Waals surface area contributed by atoms with E-state index in [0.29, 0.717) is 0 Å². The highest BCUT2D eigenvalue weighted by atomic mass is 35.5. The Labute approximate surface area is 116 Å². The van der Waals surface area contributed by atoms with Gasteiger partial charge in [0.05, 0.1) is 24.5 Å². The number of alkyl halides is 1.